The Morgan fingerprint density at radius 1 is 1.44 bits per heavy atom. The molecule has 2 aromatic rings. The molecule has 0 saturated carbocycles. The van der Waals surface area contributed by atoms with Crippen LogP contribution in [0.3, 0.4) is 0 Å². The fourth-order valence-corrected chi connectivity index (χ4v) is 2.04. The molecule has 0 radical (unpaired) electrons. The van der Waals surface area contributed by atoms with Crippen molar-refractivity contribution in [2.45, 2.75) is 0 Å². The van der Waals surface area contributed by atoms with Crippen LogP contribution in [0.15, 0.2) is 29.9 Å². The van der Waals surface area contributed by atoms with Gasteiger partial charge in [-0.05, 0) is 6.07 Å². The number of pyridine rings is 1. The summed E-state index contributed by atoms with van der Waals surface area (Å²) in [5.74, 6) is -0.146. The number of hydrogen-bond acceptors (Lipinski definition) is 4. The lowest BCUT2D eigenvalue weighted by molar-refractivity contribution is 0.104. The number of thiophene rings is 1. The number of ketones is 1. The Bertz CT molecular complexity index is 524. The number of hydrogen-bond donors (Lipinski definition) is 0. The molecule has 2 rings (SSSR count). The summed E-state index contributed by atoms with van der Waals surface area (Å²) in [4.78, 5) is 16.0. The van der Waals surface area contributed by atoms with Crippen molar-refractivity contribution < 1.29 is 13.9 Å². The maximum absolute atomic E-state index is 12.9. The van der Waals surface area contributed by atoms with Crippen LogP contribution in [0.1, 0.15) is 15.2 Å². The van der Waals surface area contributed by atoms with E-state index < -0.39 is 5.82 Å². The lowest BCUT2D eigenvalue weighted by atomic mass is 10.1. The Morgan fingerprint density at radius 2 is 2.25 bits per heavy atom. The molecule has 0 aliphatic carbocycles. The second-order valence-electron chi connectivity index (χ2n) is 3.07. The molecule has 2 aromatic heterocycles. The topological polar surface area (TPSA) is 39.2 Å². The average Bonchev–Trinajstić information content (AvgIpc) is 2.76. The van der Waals surface area contributed by atoms with Crippen LogP contribution in [0.25, 0.3) is 0 Å². The molecule has 2 heterocycles. The summed E-state index contributed by atoms with van der Waals surface area (Å²) in [5, 5.41) is 1.72. The third-order valence-electron chi connectivity index (χ3n) is 2.00. The summed E-state index contributed by atoms with van der Waals surface area (Å²) >= 11 is 1.26. The van der Waals surface area contributed by atoms with E-state index in [-0.39, 0.29) is 11.3 Å². The number of ether oxygens (including phenoxy) is 1. The largest absolute Gasteiger partial charge is 0.496 e. The predicted molar refractivity (Wildman–Crippen MR) is 58.5 cm³/mol. The molecular weight excluding hydrogens is 229 g/mol. The molecule has 16 heavy (non-hydrogen) atoms. The van der Waals surface area contributed by atoms with Crippen LogP contribution >= 0.6 is 11.3 Å². The smallest absolute Gasteiger partial charge is 0.204 e. The first-order chi connectivity index (χ1) is 7.70. The van der Waals surface area contributed by atoms with Crippen molar-refractivity contribution in [1.29, 1.82) is 0 Å². The fraction of sp³-hybridized carbons (Fsp3) is 0.0909. The number of rotatable bonds is 3. The van der Waals surface area contributed by atoms with E-state index in [0.717, 1.165) is 6.20 Å². The van der Waals surface area contributed by atoms with Gasteiger partial charge in [0.05, 0.1) is 18.2 Å². The Morgan fingerprint density at radius 3 is 2.88 bits per heavy atom. The van der Waals surface area contributed by atoms with Crippen molar-refractivity contribution in [3.63, 3.8) is 0 Å². The van der Waals surface area contributed by atoms with Gasteiger partial charge in [-0.25, -0.2) is 4.39 Å². The Kier molecular flexibility index (Phi) is 2.96. The maximum Gasteiger partial charge on any atom is 0.204 e. The zero-order chi connectivity index (χ0) is 11.5. The standard InChI is InChI=1S/C11H8FNO2S/c1-15-9-3-10(16-6-9)11(14)7-2-8(12)5-13-4-7/h2-6H,1H3. The molecule has 0 atom stereocenters. The molecule has 5 heteroatoms. The monoisotopic (exact) mass is 237 g/mol. The van der Waals surface area contributed by atoms with Crippen LogP contribution in [0.4, 0.5) is 4.39 Å². The van der Waals surface area contributed by atoms with Gasteiger partial charge in [0.1, 0.15) is 11.6 Å². The van der Waals surface area contributed by atoms with E-state index in [1.54, 1.807) is 11.4 Å². The van der Waals surface area contributed by atoms with E-state index in [9.17, 15) is 9.18 Å². The molecule has 0 spiro atoms. The fourth-order valence-electron chi connectivity index (χ4n) is 1.22. The van der Waals surface area contributed by atoms with Gasteiger partial charge in [-0.3, -0.25) is 9.78 Å². The van der Waals surface area contributed by atoms with Crippen molar-refractivity contribution in [3.05, 3.63) is 46.2 Å². The Hall–Kier alpha value is -1.75. The lowest BCUT2D eigenvalue weighted by Crippen LogP contribution is -1.99. The van der Waals surface area contributed by atoms with Gasteiger partial charge < -0.3 is 4.74 Å². The van der Waals surface area contributed by atoms with Gasteiger partial charge in [0.15, 0.2) is 0 Å². The van der Waals surface area contributed by atoms with Crippen molar-refractivity contribution in [3.8, 4) is 5.75 Å². The molecular formula is C11H8FNO2S. The summed E-state index contributed by atoms with van der Waals surface area (Å²) in [5.41, 5.74) is 0.240. The summed E-state index contributed by atoms with van der Waals surface area (Å²) < 4.78 is 17.9. The van der Waals surface area contributed by atoms with Crippen molar-refractivity contribution in [2.24, 2.45) is 0 Å². The molecule has 0 aromatic carbocycles. The van der Waals surface area contributed by atoms with E-state index in [4.69, 9.17) is 4.74 Å². The maximum atomic E-state index is 12.9. The van der Waals surface area contributed by atoms with Gasteiger partial charge in [0.25, 0.3) is 0 Å². The quantitative estimate of drug-likeness (QED) is 0.770. The van der Waals surface area contributed by atoms with Gasteiger partial charge in [-0.2, -0.15) is 0 Å². The molecule has 0 aliphatic heterocycles. The first-order valence-corrected chi connectivity index (χ1v) is 5.36. The first-order valence-electron chi connectivity index (χ1n) is 4.48. The highest BCUT2D eigenvalue weighted by Crippen LogP contribution is 2.23. The molecule has 0 bridgehead atoms. The zero-order valence-corrected chi connectivity index (χ0v) is 9.25. The van der Waals surface area contributed by atoms with Crippen LogP contribution in [0, 0.1) is 5.82 Å². The third kappa shape index (κ3) is 2.09. The van der Waals surface area contributed by atoms with E-state index in [1.807, 2.05) is 0 Å². The number of aromatic nitrogens is 1. The van der Waals surface area contributed by atoms with E-state index >= 15 is 0 Å². The van der Waals surface area contributed by atoms with E-state index in [2.05, 4.69) is 4.98 Å². The number of methoxy groups -OCH3 is 1. The minimum atomic E-state index is -0.519. The van der Waals surface area contributed by atoms with E-state index in [0.29, 0.717) is 10.6 Å². The van der Waals surface area contributed by atoms with E-state index in [1.165, 1.54) is 30.7 Å². The number of carbonyl (C=O) groups excluding carboxylic acids is 1. The molecule has 0 amide bonds. The zero-order valence-electron chi connectivity index (χ0n) is 8.44. The van der Waals surface area contributed by atoms with Crippen LogP contribution in [-0.2, 0) is 0 Å². The molecule has 0 fully saturated rings. The van der Waals surface area contributed by atoms with Crippen LogP contribution in [-0.4, -0.2) is 17.9 Å². The minimum Gasteiger partial charge on any atom is -0.496 e. The van der Waals surface area contributed by atoms with Gasteiger partial charge in [0.2, 0.25) is 5.78 Å². The molecule has 3 nitrogen and oxygen atoms in total. The highest BCUT2D eigenvalue weighted by molar-refractivity contribution is 7.12. The number of carbonyl (C=O) groups is 1. The highest BCUT2D eigenvalue weighted by atomic mass is 32.1. The van der Waals surface area contributed by atoms with Crippen molar-refractivity contribution in [2.75, 3.05) is 7.11 Å². The molecule has 0 N–H and O–H groups in total. The third-order valence-corrected chi connectivity index (χ3v) is 2.91. The average molecular weight is 237 g/mol. The summed E-state index contributed by atoms with van der Waals surface area (Å²) in [6.45, 7) is 0. The lowest BCUT2D eigenvalue weighted by Gasteiger charge is -1.96. The molecule has 0 saturated heterocycles. The van der Waals surface area contributed by atoms with Crippen molar-refractivity contribution >= 4 is 17.1 Å². The van der Waals surface area contributed by atoms with Gasteiger partial charge >= 0.3 is 0 Å². The minimum absolute atomic E-state index is 0.240. The molecule has 0 unspecified atom stereocenters. The normalized spacial score (nSPS) is 10.1. The Balaban J connectivity index is 2.31. The summed E-state index contributed by atoms with van der Waals surface area (Å²) in [6.07, 6.45) is 2.41. The highest BCUT2D eigenvalue weighted by Gasteiger charge is 2.13. The Labute approximate surface area is 95.5 Å². The van der Waals surface area contributed by atoms with Gasteiger partial charge in [-0.15, -0.1) is 11.3 Å². The summed E-state index contributed by atoms with van der Waals surface area (Å²) in [6, 6.07) is 2.79. The van der Waals surface area contributed by atoms with Gasteiger partial charge in [0, 0.05) is 23.2 Å². The SMILES string of the molecule is COc1csc(C(=O)c2cncc(F)c2)c1. The van der Waals surface area contributed by atoms with Gasteiger partial charge in [-0.1, -0.05) is 0 Å². The molecule has 0 aliphatic rings. The second-order valence-corrected chi connectivity index (χ2v) is 3.98. The first kappa shape index (κ1) is 10.8. The molecule has 82 valence electrons. The van der Waals surface area contributed by atoms with Crippen LogP contribution < -0.4 is 4.74 Å². The van der Waals surface area contributed by atoms with Crippen LogP contribution in [0.5, 0.6) is 5.75 Å². The number of halogens is 1. The van der Waals surface area contributed by atoms with Crippen LogP contribution in [0.2, 0.25) is 0 Å². The van der Waals surface area contributed by atoms with Crippen molar-refractivity contribution in [1.82, 2.24) is 4.98 Å². The number of nitrogens with zero attached hydrogens (tertiary/aromatic N) is 1. The summed E-state index contributed by atoms with van der Waals surface area (Å²) in [7, 11) is 1.53. The second kappa shape index (κ2) is 4.40. The predicted octanol–water partition coefficient (Wildman–Crippen LogP) is 2.52.